The zero-order valence-electron chi connectivity index (χ0n) is 16.5. The van der Waals surface area contributed by atoms with Crippen LogP contribution in [-0.2, 0) is 29.3 Å². The zero-order chi connectivity index (χ0) is 22.7. The molecule has 1 atom stereocenters. The normalized spacial score (nSPS) is 14.6. The van der Waals surface area contributed by atoms with Gasteiger partial charge in [-0.2, -0.15) is 26.3 Å². The van der Waals surface area contributed by atoms with Crippen molar-refractivity contribution in [2.24, 2.45) is 5.73 Å². The van der Waals surface area contributed by atoms with E-state index in [1.54, 1.807) is 19.1 Å². The van der Waals surface area contributed by atoms with E-state index >= 15 is 0 Å². The summed E-state index contributed by atoms with van der Waals surface area (Å²) in [6, 6.07) is 6.67. The number of benzene rings is 2. The van der Waals surface area contributed by atoms with Crippen LogP contribution in [0.4, 0.5) is 26.3 Å². The van der Waals surface area contributed by atoms with E-state index in [1.807, 2.05) is 13.0 Å². The Kier molecular flexibility index (Phi) is 7.21. The number of hydrogen-bond acceptors (Lipinski definition) is 3. The molecule has 3 nitrogen and oxygen atoms in total. The van der Waals surface area contributed by atoms with E-state index in [1.165, 1.54) is 0 Å². The summed E-state index contributed by atoms with van der Waals surface area (Å²) in [7, 11) is 0. The number of aryl methyl sites for hydroxylation is 2. The van der Waals surface area contributed by atoms with Gasteiger partial charge in [0.15, 0.2) is 0 Å². The fraction of sp³-hybridized carbons (Fsp3) is 0.429. The third-order valence-electron chi connectivity index (χ3n) is 4.71. The van der Waals surface area contributed by atoms with Crippen LogP contribution in [0.5, 0.6) is 0 Å². The van der Waals surface area contributed by atoms with E-state index in [0.717, 1.165) is 11.1 Å². The number of alkyl halides is 6. The number of rotatable bonds is 7. The highest BCUT2D eigenvalue weighted by molar-refractivity contribution is 5.36. The largest absolute Gasteiger partial charge is 0.416 e. The van der Waals surface area contributed by atoms with Crippen molar-refractivity contribution in [3.05, 3.63) is 69.8 Å². The summed E-state index contributed by atoms with van der Waals surface area (Å²) in [5.41, 5.74) is 3.12. The van der Waals surface area contributed by atoms with Crippen LogP contribution in [0.3, 0.4) is 0 Å². The monoisotopic (exact) mass is 435 g/mol. The van der Waals surface area contributed by atoms with Crippen LogP contribution >= 0.6 is 0 Å². The molecule has 0 bridgehead atoms. The standard InChI is InChI=1S/C21H23F6NO2/c1-13-3-4-14(2)18(7-13)19(29,5-6-28)12-30-11-15-8-16(20(22,23)24)10-17(9-15)21(25,26)27/h3-4,7-10,29H,5-6,11-12,28H2,1-2H3. The van der Waals surface area contributed by atoms with Crippen LogP contribution in [-0.4, -0.2) is 18.3 Å². The van der Waals surface area contributed by atoms with Gasteiger partial charge in [-0.25, -0.2) is 0 Å². The van der Waals surface area contributed by atoms with Crippen LogP contribution in [0.1, 0.15) is 39.8 Å². The van der Waals surface area contributed by atoms with E-state index < -0.39 is 35.7 Å². The molecule has 2 aromatic rings. The van der Waals surface area contributed by atoms with Crippen molar-refractivity contribution in [2.45, 2.75) is 44.8 Å². The lowest BCUT2D eigenvalue weighted by molar-refractivity contribution is -0.143. The van der Waals surface area contributed by atoms with Crippen molar-refractivity contribution in [1.29, 1.82) is 0 Å². The van der Waals surface area contributed by atoms with Crippen molar-refractivity contribution in [1.82, 2.24) is 0 Å². The predicted octanol–water partition coefficient (Wildman–Crippen LogP) is 5.09. The molecule has 0 amide bonds. The Labute approximate surface area is 170 Å². The fourth-order valence-corrected chi connectivity index (χ4v) is 3.20. The van der Waals surface area contributed by atoms with Crippen LogP contribution in [0.2, 0.25) is 0 Å². The summed E-state index contributed by atoms with van der Waals surface area (Å²) < 4.78 is 83.3. The molecule has 0 aliphatic carbocycles. The van der Waals surface area contributed by atoms with Gasteiger partial charge in [-0.15, -0.1) is 0 Å². The van der Waals surface area contributed by atoms with Gasteiger partial charge in [-0.1, -0.05) is 23.8 Å². The second kappa shape index (κ2) is 8.95. The minimum Gasteiger partial charge on any atom is -0.383 e. The third-order valence-corrected chi connectivity index (χ3v) is 4.71. The Morgan fingerprint density at radius 1 is 0.900 bits per heavy atom. The highest BCUT2D eigenvalue weighted by atomic mass is 19.4. The molecule has 0 aliphatic heterocycles. The molecule has 0 heterocycles. The Morgan fingerprint density at radius 2 is 1.47 bits per heavy atom. The van der Waals surface area contributed by atoms with Crippen molar-refractivity contribution in [3.63, 3.8) is 0 Å². The maximum Gasteiger partial charge on any atom is 0.416 e. The molecule has 9 heteroatoms. The molecule has 0 saturated carbocycles. The first kappa shape index (κ1) is 24.2. The third kappa shape index (κ3) is 5.96. The number of halogens is 6. The van der Waals surface area contributed by atoms with Gasteiger partial charge in [0.2, 0.25) is 0 Å². The fourth-order valence-electron chi connectivity index (χ4n) is 3.20. The maximum atomic E-state index is 13.0. The Hall–Kier alpha value is -2.10. The van der Waals surface area contributed by atoms with Gasteiger partial charge in [0.1, 0.15) is 5.60 Å². The molecule has 1 unspecified atom stereocenters. The molecule has 0 spiro atoms. The van der Waals surface area contributed by atoms with Crippen molar-refractivity contribution >= 4 is 0 Å². The SMILES string of the molecule is Cc1ccc(C)c(C(O)(CCN)COCc2cc(C(F)(F)F)cc(C(F)(F)F)c2)c1. The highest BCUT2D eigenvalue weighted by Crippen LogP contribution is 2.37. The Morgan fingerprint density at radius 3 is 1.97 bits per heavy atom. The molecule has 166 valence electrons. The maximum absolute atomic E-state index is 13.0. The summed E-state index contributed by atoms with van der Waals surface area (Å²) in [6.07, 6.45) is -9.77. The topological polar surface area (TPSA) is 55.5 Å². The molecule has 3 N–H and O–H groups in total. The van der Waals surface area contributed by atoms with Gasteiger partial charge < -0.3 is 15.6 Å². The van der Waals surface area contributed by atoms with Crippen molar-refractivity contribution in [3.8, 4) is 0 Å². The number of hydrogen-bond donors (Lipinski definition) is 2. The smallest absolute Gasteiger partial charge is 0.383 e. The second-order valence-electron chi connectivity index (χ2n) is 7.30. The summed E-state index contributed by atoms with van der Waals surface area (Å²) in [5.74, 6) is 0. The molecule has 2 aromatic carbocycles. The second-order valence-corrected chi connectivity index (χ2v) is 7.30. The van der Waals surface area contributed by atoms with E-state index in [2.05, 4.69) is 0 Å². The lowest BCUT2D eigenvalue weighted by Gasteiger charge is -2.30. The minimum atomic E-state index is -4.94. The van der Waals surface area contributed by atoms with Gasteiger partial charge >= 0.3 is 12.4 Å². The number of nitrogens with two attached hydrogens (primary N) is 1. The lowest BCUT2D eigenvalue weighted by Crippen LogP contribution is -2.35. The molecule has 0 aliphatic rings. The van der Waals surface area contributed by atoms with Crippen LogP contribution in [0.25, 0.3) is 0 Å². The molecule has 0 saturated heterocycles. The van der Waals surface area contributed by atoms with Crippen molar-refractivity contribution in [2.75, 3.05) is 13.2 Å². The van der Waals surface area contributed by atoms with Gasteiger partial charge in [0, 0.05) is 0 Å². The summed E-state index contributed by atoms with van der Waals surface area (Å²) >= 11 is 0. The first-order valence-corrected chi connectivity index (χ1v) is 9.12. The average Bonchev–Trinajstić information content (AvgIpc) is 2.62. The van der Waals surface area contributed by atoms with E-state index in [-0.39, 0.29) is 31.2 Å². The number of ether oxygens (including phenoxy) is 1. The summed E-state index contributed by atoms with van der Waals surface area (Å²) in [5, 5.41) is 11.1. The average molecular weight is 435 g/mol. The number of aliphatic hydroxyl groups is 1. The van der Waals surface area contributed by atoms with Gasteiger partial charge in [0.25, 0.3) is 0 Å². The molecule has 0 radical (unpaired) electrons. The minimum absolute atomic E-state index is 0.0599. The Balaban J connectivity index is 2.27. The van der Waals surface area contributed by atoms with Crippen LogP contribution in [0.15, 0.2) is 36.4 Å². The van der Waals surface area contributed by atoms with E-state index in [4.69, 9.17) is 10.5 Å². The lowest BCUT2D eigenvalue weighted by atomic mass is 9.87. The van der Waals surface area contributed by atoms with Crippen molar-refractivity contribution < 1.29 is 36.2 Å². The first-order chi connectivity index (χ1) is 13.8. The molecule has 0 aromatic heterocycles. The highest BCUT2D eigenvalue weighted by Gasteiger charge is 2.37. The van der Waals surface area contributed by atoms with E-state index in [9.17, 15) is 31.4 Å². The Bertz CT molecular complexity index is 847. The molecular weight excluding hydrogens is 412 g/mol. The van der Waals surface area contributed by atoms with Crippen LogP contribution < -0.4 is 5.73 Å². The predicted molar refractivity (Wildman–Crippen MR) is 99.6 cm³/mol. The van der Waals surface area contributed by atoms with Gasteiger partial charge in [-0.3, -0.25) is 0 Å². The first-order valence-electron chi connectivity index (χ1n) is 9.12. The molecule has 2 rings (SSSR count). The molecular formula is C21H23F6NO2. The molecule has 0 fully saturated rings. The van der Waals surface area contributed by atoms with Gasteiger partial charge in [0.05, 0.1) is 24.3 Å². The molecule has 30 heavy (non-hydrogen) atoms. The summed E-state index contributed by atoms with van der Waals surface area (Å²) in [4.78, 5) is 0. The quantitative estimate of drug-likeness (QED) is 0.596. The van der Waals surface area contributed by atoms with Crippen LogP contribution in [0, 0.1) is 13.8 Å². The zero-order valence-corrected chi connectivity index (χ0v) is 16.5. The summed E-state index contributed by atoms with van der Waals surface area (Å²) in [6.45, 7) is 2.83. The van der Waals surface area contributed by atoms with E-state index in [0.29, 0.717) is 17.7 Å². The van der Waals surface area contributed by atoms with Gasteiger partial charge in [-0.05, 0) is 61.7 Å².